The van der Waals surface area contributed by atoms with E-state index in [1.54, 1.807) is 0 Å². The number of amides is 1. The monoisotopic (exact) mass is 411 g/mol. The van der Waals surface area contributed by atoms with Crippen LogP contribution in [0, 0.1) is 5.92 Å². The Hall–Kier alpha value is -3.93. The largest absolute Gasteiger partial charge is 0.489 e. The quantitative estimate of drug-likeness (QED) is 0.505. The maximum absolute atomic E-state index is 11.5. The number of benzene rings is 3. The summed E-state index contributed by atoms with van der Waals surface area (Å²) >= 11 is 0. The molecule has 1 amide bonds. The zero-order chi connectivity index (χ0) is 21.2. The van der Waals surface area contributed by atoms with Crippen molar-refractivity contribution in [2.75, 3.05) is 0 Å². The minimum atomic E-state index is -0.0597. The van der Waals surface area contributed by atoms with Crippen molar-refractivity contribution in [3.8, 4) is 17.2 Å². The number of hydrogen-bond donors (Lipinski definition) is 1. The number of ether oxygens (including phenoxy) is 1. The van der Waals surface area contributed by atoms with Crippen LogP contribution in [0.5, 0.6) is 5.75 Å². The lowest BCUT2D eigenvalue weighted by atomic mass is 9.94. The standard InChI is InChI=1S/C25H21N3O3/c1-16-13-23(29)27-28-24(16)19-9-12-21-22(14-19)31-25(26-21)18-7-10-20(11-8-18)30-15-17-5-3-2-4-6-17/h2-12,14,16H,13,15H2,1H3,(H,27,29). The van der Waals surface area contributed by atoms with E-state index in [4.69, 9.17) is 9.15 Å². The lowest BCUT2D eigenvalue weighted by Crippen LogP contribution is -2.31. The number of aromatic nitrogens is 1. The van der Waals surface area contributed by atoms with Crippen molar-refractivity contribution in [1.29, 1.82) is 0 Å². The molecule has 1 aromatic heterocycles. The Kier molecular flexibility index (Phi) is 4.96. The van der Waals surface area contributed by atoms with Gasteiger partial charge in [0.05, 0.1) is 5.71 Å². The van der Waals surface area contributed by atoms with Gasteiger partial charge in [0, 0.05) is 23.5 Å². The molecule has 6 nitrogen and oxygen atoms in total. The van der Waals surface area contributed by atoms with E-state index in [0.717, 1.165) is 33.7 Å². The maximum Gasteiger partial charge on any atom is 0.240 e. The summed E-state index contributed by atoms with van der Waals surface area (Å²) in [4.78, 5) is 16.1. The molecule has 1 atom stereocenters. The fourth-order valence-electron chi connectivity index (χ4n) is 3.64. The van der Waals surface area contributed by atoms with Gasteiger partial charge in [-0.05, 0) is 42.0 Å². The van der Waals surface area contributed by atoms with Crippen LogP contribution in [0.3, 0.4) is 0 Å². The molecule has 0 spiro atoms. The summed E-state index contributed by atoms with van der Waals surface area (Å²) in [6.07, 6.45) is 0.428. The van der Waals surface area contributed by atoms with Crippen LogP contribution in [0.25, 0.3) is 22.6 Å². The molecule has 0 saturated carbocycles. The van der Waals surface area contributed by atoms with Gasteiger partial charge in [0.25, 0.3) is 0 Å². The number of carbonyl (C=O) groups excluding carboxylic acids is 1. The Morgan fingerprint density at radius 2 is 1.81 bits per heavy atom. The summed E-state index contributed by atoms with van der Waals surface area (Å²) in [5, 5.41) is 4.22. The van der Waals surface area contributed by atoms with Crippen molar-refractivity contribution >= 4 is 22.7 Å². The van der Waals surface area contributed by atoms with Crippen molar-refractivity contribution in [2.24, 2.45) is 11.0 Å². The van der Waals surface area contributed by atoms with E-state index < -0.39 is 0 Å². The molecule has 1 aliphatic rings. The van der Waals surface area contributed by atoms with E-state index in [1.165, 1.54) is 0 Å². The van der Waals surface area contributed by atoms with E-state index in [0.29, 0.717) is 24.5 Å². The average molecular weight is 411 g/mol. The second kappa shape index (κ2) is 8.07. The molecule has 0 aliphatic carbocycles. The van der Waals surface area contributed by atoms with Gasteiger partial charge >= 0.3 is 0 Å². The first kappa shape index (κ1) is 19.1. The molecule has 0 saturated heterocycles. The van der Waals surface area contributed by atoms with Crippen molar-refractivity contribution in [1.82, 2.24) is 10.4 Å². The lowest BCUT2D eigenvalue weighted by Gasteiger charge is -2.18. The van der Waals surface area contributed by atoms with Crippen LogP contribution in [-0.4, -0.2) is 16.6 Å². The topological polar surface area (TPSA) is 76.7 Å². The molecular weight excluding hydrogens is 390 g/mol. The second-order valence-electron chi connectivity index (χ2n) is 7.64. The predicted molar refractivity (Wildman–Crippen MR) is 119 cm³/mol. The van der Waals surface area contributed by atoms with E-state index >= 15 is 0 Å². The van der Waals surface area contributed by atoms with Crippen molar-refractivity contribution in [3.63, 3.8) is 0 Å². The fourth-order valence-corrected chi connectivity index (χ4v) is 3.64. The van der Waals surface area contributed by atoms with Crippen LogP contribution in [0.1, 0.15) is 24.5 Å². The Morgan fingerprint density at radius 3 is 2.58 bits per heavy atom. The number of fused-ring (bicyclic) bond motifs is 1. The average Bonchev–Trinajstić information content (AvgIpc) is 3.22. The number of nitrogens with one attached hydrogen (secondary N) is 1. The van der Waals surface area contributed by atoms with E-state index in [2.05, 4.69) is 15.5 Å². The van der Waals surface area contributed by atoms with Gasteiger partial charge in [-0.3, -0.25) is 4.79 Å². The minimum Gasteiger partial charge on any atom is -0.489 e. The molecule has 1 unspecified atom stereocenters. The van der Waals surface area contributed by atoms with E-state index in [-0.39, 0.29) is 11.8 Å². The highest BCUT2D eigenvalue weighted by Gasteiger charge is 2.22. The Bertz CT molecular complexity index is 1260. The molecule has 3 aromatic carbocycles. The zero-order valence-electron chi connectivity index (χ0n) is 17.0. The van der Waals surface area contributed by atoms with Crippen LogP contribution in [0.4, 0.5) is 0 Å². The van der Waals surface area contributed by atoms with Crippen molar-refractivity contribution < 1.29 is 13.9 Å². The van der Waals surface area contributed by atoms with Crippen LogP contribution in [0.2, 0.25) is 0 Å². The molecule has 31 heavy (non-hydrogen) atoms. The van der Waals surface area contributed by atoms with Crippen LogP contribution >= 0.6 is 0 Å². The molecule has 1 aliphatic heterocycles. The van der Waals surface area contributed by atoms with Gasteiger partial charge in [-0.15, -0.1) is 0 Å². The third-order valence-corrected chi connectivity index (χ3v) is 5.29. The van der Waals surface area contributed by atoms with Gasteiger partial charge in [0.15, 0.2) is 5.58 Å². The summed E-state index contributed by atoms with van der Waals surface area (Å²) in [6, 6.07) is 23.6. The normalized spacial score (nSPS) is 16.1. The summed E-state index contributed by atoms with van der Waals surface area (Å²) in [7, 11) is 0. The summed E-state index contributed by atoms with van der Waals surface area (Å²) in [6.45, 7) is 2.52. The molecule has 4 aromatic rings. The second-order valence-corrected chi connectivity index (χ2v) is 7.64. The molecule has 154 valence electrons. The molecule has 1 N–H and O–H groups in total. The highest BCUT2D eigenvalue weighted by Crippen LogP contribution is 2.28. The molecule has 0 bridgehead atoms. The van der Waals surface area contributed by atoms with Gasteiger partial charge in [-0.25, -0.2) is 10.4 Å². The number of oxazole rings is 1. The fraction of sp³-hybridized carbons (Fsp3) is 0.160. The van der Waals surface area contributed by atoms with Crippen LogP contribution in [0.15, 0.2) is 82.3 Å². The summed E-state index contributed by atoms with van der Waals surface area (Å²) in [5.41, 5.74) is 7.78. The molecule has 2 heterocycles. The SMILES string of the molecule is CC1CC(=O)NN=C1c1ccc2nc(-c3ccc(OCc4ccccc4)cc3)oc2c1. The first-order valence-corrected chi connectivity index (χ1v) is 10.2. The van der Waals surface area contributed by atoms with Gasteiger partial charge in [0.1, 0.15) is 17.9 Å². The molecule has 6 heteroatoms. The number of nitrogens with zero attached hydrogens (tertiary/aromatic N) is 2. The van der Waals surface area contributed by atoms with Gasteiger partial charge in [0.2, 0.25) is 11.8 Å². The molecular formula is C25H21N3O3. The number of rotatable bonds is 5. The minimum absolute atomic E-state index is 0.0528. The van der Waals surface area contributed by atoms with Crippen molar-refractivity contribution in [3.05, 3.63) is 83.9 Å². The number of hydrogen-bond acceptors (Lipinski definition) is 5. The number of carbonyl (C=O) groups is 1. The Labute approximate surface area is 179 Å². The third kappa shape index (κ3) is 4.05. The molecule has 0 fully saturated rings. The smallest absolute Gasteiger partial charge is 0.240 e. The van der Waals surface area contributed by atoms with Crippen LogP contribution in [-0.2, 0) is 11.4 Å². The van der Waals surface area contributed by atoms with Gasteiger partial charge in [-0.1, -0.05) is 43.3 Å². The molecule has 5 rings (SSSR count). The maximum atomic E-state index is 11.5. The summed E-state index contributed by atoms with van der Waals surface area (Å²) in [5.74, 6) is 1.33. The highest BCUT2D eigenvalue weighted by molar-refractivity contribution is 6.07. The first-order chi connectivity index (χ1) is 15.2. The number of hydrazone groups is 1. The lowest BCUT2D eigenvalue weighted by molar-refractivity contribution is -0.121. The van der Waals surface area contributed by atoms with Gasteiger partial charge in [-0.2, -0.15) is 5.10 Å². The first-order valence-electron chi connectivity index (χ1n) is 10.2. The van der Waals surface area contributed by atoms with Crippen LogP contribution < -0.4 is 10.2 Å². The van der Waals surface area contributed by atoms with Gasteiger partial charge < -0.3 is 9.15 Å². The van der Waals surface area contributed by atoms with E-state index in [1.807, 2.05) is 79.7 Å². The summed E-state index contributed by atoms with van der Waals surface area (Å²) < 4.78 is 11.9. The predicted octanol–water partition coefficient (Wildman–Crippen LogP) is 4.93. The third-order valence-electron chi connectivity index (χ3n) is 5.29. The Morgan fingerprint density at radius 1 is 1.03 bits per heavy atom. The zero-order valence-corrected chi connectivity index (χ0v) is 17.0. The van der Waals surface area contributed by atoms with Crippen molar-refractivity contribution in [2.45, 2.75) is 20.0 Å². The highest BCUT2D eigenvalue weighted by atomic mass is 16.5. The van der Waals surface area contributed by atoms with E-state index in [9.17, 15) is 4.79 Å². The molecule has 0 radical (unpaired) electrons. The Balaban J connectivity index is 1.35.